The SMILES string of the molecule is COC(=O)c1ccc(=O)n(CC(=O)Nc2cccc(S(=O)(=O)N3CCCC3)c2)c1. The number of aromatic nitrogens is 1. The summed E-state index contributed by atoms with van der Waals surface area (Å²) in [6.07, 6.45) is 2.89. The van der Waals surface area contributed by atoms with Gasteiger partial charge in [0.05, 0.1) is 17.6 Å². The van der Waals surface area contributed by atoms with Crippen LogP contribution in [0.1, 0.15) is 23.2 Å². The van der Waals surface area contributed by atoms with E-state index in [9.17, 15) is 22.8 Å². The van der Waals surface area contributed by atoms with Crippen LogP contribution in [0.25, 0.3) is 0 Å². The number of methoxy groups -OCH3 is 1. The molecule has 2 aromatic rings. The smallest absolute Gasteiger partial charge is 0.339 e. The Morgan fingerprint density at radius 3 is 2.55 bits per heavy atom. The summed E-state index contributed by atoms with van der Waals surface area (Å²) < 4.78 is 32.4. The van der Waals surface area contributed by atoms with Crippen LogP contribution in [-0.2, 0) is 26.1 Å². The molecule has 1 N–H and O–H groups in total. The summed E-state index contributed by atoms with van der Waals surface area (Å²) in [5.41, 5.74) is -0.0239. The quantitative estimate of drug-likeness (QED) is 0.700. The molecule has 9 nitrogen and oxygen atoms in total. The third kappa shape index (κ3) is 4.72. The van der Waals surface area contributed by atoms with Gasteiger partial charge < -0.3 is 14.6 Å². The number of anilines is 1. The normalized spacial score (nSPS) is 14.5. The van der Waals surface area contributed by atoms with E-state index in [1.807, 2.05) is 0 Å². The van der Waals surface area contributed by atoms with Gasteiger partial charge in [0.1, 0.15) is 6.54 Å². The largest absolute Gasteiger partial charge is 0.465 e. The fourth-order valence-corrected chi connectivity index (χ4v) is 4.62. The van der Waals surface area contributed by atoms with E-state index in [1.54, 1.807) is 12.1 Å². The fourth-order valence-electron chi connectivity index (χ4n) is 3.06. The fraction of sp³-hybridized carbons (Fsp3) is 0.316. The van der Waals surface area contributed by atoms with Gasteiger partial charge in [-0.15, -0.1) is 0 Å². The second kappa shape index (κ2) is 8.58. The van der Waals surface area contributed by atoms with Crippen molar-refractivity contribution in [2.75, 3.05) is 25.5 Å². The van der Waals surface area contributed by atoms with Crippen molar-refractivity contribution >= 4 is 27.6 Å². The maximum atomic E-state index is 12.7. The van der Waals surface area contributed by atoms with Crippen LogP contribution in [-0.4, -0.2) is 49.4 Å². The Hall–Kier alpha value is -2.98. The lowest BCUT2D eigenvalue weighted by Gasteiger charge is -2.16. The molecule has 29 heavy (non-hydrogen) atoms. The lowest BCUT2D eigenvalue weighted by Crippen LogP contribution is -2.28. The molecule has 0 atom stereocenters. The number of nitrogens with one attached hydrogen (secondary N) is 1. The number of ether oxygens (including phenoxy) is 1. The topological polar surface area (TPSA) is 115 Å². The average Bonchev–Trinajstić information content (AvgIpc) is 3.25. The Morgan fingerprint density at radius 1 is 1.14 bits per heavy atom. The first kappa shape index (κ1) is 20.7. The Balaban J connectivity index is 1.75. The Bertz CT molecular complexity index is 1090. The molecule has 1 amide bonds. The van der Waals surface area contributed by atoms with Crippen molar-refractivity contribution in [2.24, 2.45) is 0 Å². The Labute approximate surface area is 168 Å². The van der Waals surface area contributed by atoms with Crippen molar-refractivity contribution in [1.82, 2.24) is 8.87 Å². The van der Waals surface area contributed by atoms with E-state index in [4.69, 9.17) is 0 Å². The van der Waals surface area contributed by atoms with Gasteiger partial charge in [-0.05, 0) is 37.1 Å². The summed E-state index contributed by atoms with van der Waals surface area (Å²) >= 11 is 0. The van der Waals surface area contributed by atoms with Crippen LogP contribution in [0.15, 0.2) is 52.3 Å². The van der Waals surface area contributed by atoms with Crippen molar-refractivity contribution in [2.45, 2.75) is 24.3 Å². The number of rotatable bonds is 6. The molecular weight excluding hydrogens is 398 g/mol. The van der Waals surface area contributed by atoms with Gasteiger partial charge in [-0.25, -0.2) is 13.2 Å². The number of hydrogen-bond acceptors (Lipinski definition) is 6. The van der Waals surface area contributed by atoms with Crippen LogP contribution in [0.2, 0.25) is 0 Å². The number of pyridine rings is 1. The summed E-state index contributed by atoms with van der Waals surface area (Å²) in [5.74, 6) is -1.16. The van der Waals surface area contributed by atoms with Crippen LogP contribution >= 0.6 is 0 Å². The van der Waals surface area contributed by atoms with Gasteiger partial charge in [0, 0.05) is 31.0 Å². The molecule has 1 aliphatic heterocycles. The molecular formula is C19H21N3O6S. The van der Waals surface area contributed by atoms with Crippen molar-refractivity contribution in [1.29, 1.82) is 0 Å². The molecule has 3 rings (SSSR count). The molecule has 2 heterocycles. The number of sulfonamides is 1. The van der Waals surface area contributed by atoms with Gasteiger partial charge in [0.15, 0.2) is 0 Å². The minimum Gasteiger partial charge on any atom is -0.465 e. The van der Waals surface area contributed by atoms with Crippen LogP contribution < -0.4 is 10.9 Å². The lowest BCUT2D eigenvalue weighted by molar-refractivity contribution is -0.116. The summed E-state index contributed by atoms with van der Waals surface area (Å²) in [6.45, 7) is 0.628. The predicted octanol–water partition coefficient (Wildman–Crippen LogP) is 1.06. The number of nitrogens with zero attached hydrogens (tertiary/aromatic N) is 2. The molecule has 1 aromatic carbocycles. The number of amides is 1. The molecule has 1 aliphatic rings. The lowest BCUT2D eigenvalue weighted by atomic mass is 10.3. The first-order chi connectivity index (χ1) is 13.8. The van der Waals surface area contributed by atoms with Crippen LogP contribution in [0.5, 0.6) is 0 Å². The van der Waals surface area contributed by atoms with Crippen LogP contribution in [0.3, 0.4) is 0 Å². The molecule has 0 aliphatic carbocycles. The van der Waals surface area contributed by atoms with Gasteiger partial charge in [0.25, 0.3) is 5.56 Å². The van der Waals surface area contributed by atoms with E-state index < -0.39 is 27.5 Å². The van der Waals surface area contributed by atoms with Gasteiger partial charge in [0.2, 0.25) is 15.9 Å². The Morgan fingerprint density at radius 2 is 1.86 bits per heavy atom. The van der Waals surface area contributed by atoms with E-state index >= 15 is 0 Å². The number of carbonyl (C=O) groups is 2. The van der Waals surface area contributed by atoms with E-state index in [0.717, 1.165) is 17.4 Å². The van der Waals surface area contributed by atoms with Crippen molar-refractivity contribution in [3.63, 3.8) is 0 Å². The molecule has 0 saturated carbocycles. The highest BCUT2D eigenvalue weighted by Crippen LogP contribution is 2.23. The number of hydrogen-bond donors (Lipinski definition) is 1. The minimum absolute atomic E-state index is 0.0991. The first-order valence-electron chi connectivity index (χ1n) is 9.00. The number of carbonyl (C=O) groups excluding carboxylic acids is 2. The van der Waals surface area contributed by atoms with Gasteiger partial charge in [-0.1, -0.05) is 6.07 Å². The maximum Gasteiger partial charge on any atom is 0.339 e. The molecule has 1 saturated heterocycles. The summed E-state index contributed by atoms with van der Waals surface area (Å²) in [7, 11) is -2.39. The molecule has 1 fully saturated rings. The predicted molar refractivity (Wildman–Crippen MR) is 105 cm³/mol. The third-order valence-corrected chi connectivity index (χ3v) is 6.43. The monoisotopic (exact) mass is 419 g/mol. The van der Waals surface area contributed by atoms with Gasteiger partial charge in [-0.3, -0.25) is 9.59 Å². The summed E-state index contributed by atoms with van der Waals surface area (Å²) in [5, 5.41) is 2.59. The zero-order chi connectivity index (χ0) is 21.0. The maximum absolute atomic E-state index is 12.7. The van der Waals surface area contributed by atoms with Crippen molar-refractivity contribution in [3.8, 4) is 0 Å². The summed E-state index contributed by atoms with van der Waals surface area (Å²) in [6, 6.07) is 8.46. The minimum atomic E-state index is -3.61. The van der Waals surface area contributed by atoms with E-state index in [0.29, 0.717) is 18.8 Å². The Kier molecular flexibility index (Phi) is 6.14. The highest BCUT2D eigenvalue weighted by Gasteiger charge is 2.27. The molecule has 0 spiro atoms. The third-order valence-electron chi connectivity index (χ3n) is 4.54. The molecule has 154 valence electrons. The second-order valence-electron chi connectivity index (χ2n) is 6.56. The molecule has 0 radical (unpaired) electrons. The zero-order valence-corrected chi connectivity index (χ0v) is 16.6. The first-order valence-corrected chi connectivity index (χ1v) is 10.4. The highest BCUT2D eigenvalue weighted by atomic mass is 32.2. The molecule has 0 bridgehead atoms. The van der Waals surface area contributed by atoms with Gasteiger partial charge >= 0.3 is 5.97 Å². The highest BCUT2D eigenvalue weighted by molar-refractivity contribution is 7.89. The zero-order valence-electron chi connectivity index (χ0n) is 15.8. The van der Waals surface area contributed by atoms with Crippen LogP contribution in [0.4, 0.5) is 5.69 Å². The second-order valence-corrected chi connectivity index (χ2v) is 8.50. The molecule has 10 heteroatoms. The van der Waals surface area contributed by atoms with Crippen LogP contribution in [0, 0.1) is 0 Å². The standard InChI is InChI=1S/C19H21N3O6S/c1-28-19(25)14-7-8-18(24)21(12-14)13-17(23)20-15-5-4-6-16(11-15)29(26,27)22-9-2-3-10-22/h4-8,11-12H,2-3,9-10,13H2,1H3,(H,20,23). The van der Waals surface area contributed by atoms with Crippen molar-refractivity contribution < 1.29 is 22.7 Å². The van der Waals surface area contributed by atoms with Gasteiger partial charge in [-0.2, -0.15) is 4.31 Å². The van der Waals surface area contributed by atoms with E-state index in [-0.39, 0.29) is 17.0 Å². The molecule has 1 aromatic heterocycles. The van der Waals surface area contributed by atoms with E-state index in [2.05, 4.69) is 10.1 Å². The van der Waals surface area contributed by atoms with E-state index in [1.165, 1.54) is 41.9 Å². The number of benzene rings is 1. The number of esters is 1. The van der Waals surface area contributed by atoms with Crippen molar-refractivity contribution in [3.05, 3.63) is 58.5 Å². The summed E-state index contributed by atoms with van der Waals surface area (Å²) in [4.78, 5) is 36.0. The average molecular weight is 419 g/mol. The molecule has 0 unspecified atom stereocenters.